The van der Waals surface area contributed by atoms with Gasteiger partial charge in [-0.05, 0) is 55.0 Å². The number of hydrogen-bond acceptors (Lipinski definition) is 4. The molecular formula is C23H18BrN3O3. The fourth-order valence-electron chi connectivity index (χ4n) is 2.97. The highest BCUT2D eigenvalue weighted by Gasteiger charge is 2.09. The third-order valence-electron chi connectivity index (χ3n) is 4.55. The molecule has 0 saturated carbocycles. The minimum atomic E-state index is -0.207. The van der Waals surface area contributed by atoms with Crippen LogP contribution in [-0.2, 0) is 6.61 Å². The first-order valence-electron chi connectivity index (χ1n) is 9.27. The average molecular weight is 464 g/mol. The molecule has 0 radical (unpaired) electrons. The summed E-state index contributed by atoms with van der Waals surface area (Å²) in [6.45, 7) is 2.06. The van der Waals surface area contributed by atoms with Crippen molar-refractivity contribution >= 4 is 33.2 Å². The molecule has 2 aromatic carbocycles. The summed E-state index contributed by atoms with van der Waals surface area (Å²) in [4.78, 5) is 29.1. The van der Waals surface area contributed by atoms with Gasteiger partial charge in [0.2, 0.25) is 0 Å². The Hall–Kier alpha value is -3.45. The van der Waals surface area contributed by atoms with Gasteiger partial charge in [-0.1, -0.05) is 28.1 Å². The second-order valence-electron chi connectivity index (χ2n) is 6.74. The van der Waals surface area contributed by atoms with E-state index in [1.807, 2.05) is 37.3 Å². The first kappa shape index (κ1) is 19.8. The number of nitrogens with zero attached hydrogens (tertiary/aromatic N) is 2. The molecule has 0 spiro atoms. The average Bonchev–Trinajstić information content (AvgIpc) is 2.74. The van der Waals surface area contributed by atoms with Crippen LogP contribution in [0, 0.1) is 6.92 Å². The quantitative estimate of drug-likeness (QED) is 0.469. The number of hydrogen-bond donors (Lipinski definition) is 1. The lowest BCUT2D eigenvalue weighted by Gasteiger charge is -2.12. The zero-order chi connectivity index (χ0) is 21.1. The van der Waals surface area contributed by atoms with E-state index < -0.39 is 0 Å². The van der Waals surface area contributed by atoms with Gasteiger partial charge in [0, 0.05) is 34.1 Å². The Bertz CT molecular complexity index is 1280. The molecule has 1 N–H and O–H groups in total. The summed E-state index contributed by atoms with van der Waals surface area (Å²) < 4.78 is 8.29. The Kier molecular flexibility index (Phi) is 5.63. The van der Waals surface area contributed by atoms with Crippen molar-refractivity contribution < 1.29 is 9.53 Å². The molecule has 0 unspecified atom stereocenters. The van der Waals surface area contributed by atoms with E-state index in [0.717, 1.165) is 10.0 Å². The molecule has 0 bridgehead atoms. The maximum Gasteiger partial charge on any atom is 0.258 e. The number of halogens is 1. The van der Waals surface area contributed by atoms with Crippen LogP contribution in [-0.4, -0.2) is 15.3 Å². The third kappa shape index (κ3) is 4.41. The van der Waals surface area contributed by atoms with Crippen molar-refractivity contribution in [1.82, 2.24) is 9.38 Å². The number of nitrogens with one attached hydrogen (secondary N) is 1. The maximum atomic E-state index is 12.4. The number of ether oxygens (including phenoxy) is 1. The highest BCUT2D eigenvalue weighted by molar-refractivity contribution is 9.10. The van der Waals surface area contributed by atoms with Crippen LogP contribution < -0.4 is 15.6 Å². The second-order valence-corrected chi connectivity index (χ2v) is 7.66. The van der Waals surface area contributed by atoms with Gasteiger partial charge in [0.15, 0.2) is 0 Å². The largest absolute Gasteiger partial charge is 0.487 e. The lowest BCUT2D eigenvalue weighted by atomic mass is 10.1. The summed E-state index contributed by atoms with van der Waals surface area (Å²) in [6, 6.07) is 19.4. The Balaban J connectivity index is 1.50. The normalized spacial score (nSPS) is 10.7. The molecule has 4 aromatic rings. The van der Waals surface area contributed by atoms with Crippen molar-refractivity contribution in [3.8, 4) is 5.75 Å². The monoisotopic (exact) mass is 463 g/mol. The van der Waals surface area contributed by atoms with Crippen LogP contribution in [0.25, 0.3) is 5.65 Å². The second kappa shape index (κ2) is 8.51. The van der Waals surface area contributed by atoms with Crippen molar-refractivity contribution in [3.63, 3.8) is 0 Å². The lowest BCUT2D eigenvalue weighted by molar-refractivity contribution is 0.102. The fourth-order valence-corrected chi connectivity index (χ4v) is 3.23. The molecule has 30 heavy (non-hydrogen) atoms. The van der Waals surface area contributed by atoms with E-state index in [-0.39, 0.29) is 18.1 Å². The van der Waals surface area contributed by atoms with E-state index in [2.05, 4.69) is 26.2 Å². The van der Waals surface area contributed by atoms with Crippen molar-refractivity contribution in [2.45, 2.75) is 13.5 Å². The highest BCUT2D eigenvalue weighted by atomic mass is 79.9. The SMILES string of the molecule is Cc1ccc(NC(=O)c2ccc(Br)cc2)cc1OCc1cc(=O)n2ccccc2n1. The van der Waals surface area contributed by atoms with Gasteiger partial charge in [-0.25, -0.2) is 4.98 Å². The molecule has 0 aliphatic rings. The zero-order valence-electron chi connectivity index (χ0n) is 16.1. The summed E-state index contributed by atoms with van der Waals surface area (Å²) in [6.07, 6.45) is 1.68. The molecule has 1 amide bonds. The van der Waals surface area contributed by atoms with Gasteiger partial charge in [-0.3, -0.25) is 14.0 Å². The van der Waals surface area contributed by atoms with Crippen LogP contribution in [0.15, 0.2) is 82.2 Å². The van der Waals surface area contributed by atoms with Crippen molar-refractivity contribution in [3.05, 3.63) is 105 Å². The van der Waals surface area contributed by atoms with Gasteiger partial charge < -0.3 is 10.1 Å². The van der Waals surface area contributed by atoms with E-state index in [4.69, 9.17) is 4.74 Å². The summed E-state index contributed by atoms with van der Waals surface area (Å²) in [5.74, 6) is 0.403. The topological polar surface area (TPSA) is 72.7 Å². The number of rotatable bonds is 5. The number of aryl methyl sites for hydroxylation is 1. The van der Waals surface area contributed by atoms with E-state index in [1.54, 1.807) is 36.5 Å². The number of carbonyl (C=O) groups is 1. The number of pyridine rings is 1. The van der Waals surface area contributed by atoms with E-state index in [0.29, 0.717) is 28.3 Å². The number of fused-ring (bicyclic) bond motifs is 1. The van der Waals surface area contributed by atoms with Gasteiger partial charge in [-0.15, -0.1) is 0 Å². The van der Waals surface area contributed by atoms with Gasteiger partial charge >= 0.3 is 0 Å². The van der Waals surface area contributed by atoms with Crippen LogP contribution in [0.3, 0.4) is 0 Å². The van der Waals surface area contributed by atoms with Crippen LogP contribution in [0.5, 0.6) is 5.75 Å². The summed E-state index contributed by atoms with van der Waals surface area (Å²) >= 11 is 3.36. The molecule has 0 fully saturated rings. The van der Waals surface area contributed by atoms with Crippen LogP contribution in [0.1, 0.15) is 21.6 Å². The minimum absolute atomic E-state index is 0.144. The van der Waals surface area contributed by atoms with Gasteiger partial charge in [0.1, 0.15) is 18.0 Å². The van der Waals surface area contributed by atoms with E-state index >= 15 is 0 Å². The lowest BCUT2D eigenvalue weighted by Crippen LogP contribution is -2.16. The Morgan fingerprint density at radius 2 is 1.90 bits per heavy atom. The molecule has 4 rings (SSSR count). The summed E-state index contributed by atoms with van der Waals surface area (Å²) in [5, 5.41) is 2.87. The minimum Gasteiger partial charge on any atom is -0.487 e. The Morgan fingerprint density at radius 3 is 2.70 bits per heavy atom. The number of aromatic nitrogens is 2. The summed E-state index contributed by atoms with van der Waals surface area (Å²) in [5.41, 5.74) is 3.03. The van der Waals surface area contributed by atoms with Crippen molar-refractivity contribution in [2.75, 3.05) is 5.32 Å². The fraction of sp³-hybridized carbons (Fsp3) is 0.0870. The van der Waals surface area contributed by atoms with Crippen LogP contribution in [0.2, 0.25) is 0 Å². The predicted octanol–water partition coefficient (Wildman–Crippen LogP) is 4.60. The first-order valence-corrected chi connectivity index (χ1v) is 10.1. The summed E-state index contributed by atoms with van der Waals surface area (Å²) in [7, 11) is 0. The van der Waals surface area contributed by atoms with Crippen LogP contribution in [0.4, 0.5) is 5.69 Å². The van der Waals surface area contributed by atoms with E-state index in [9.17, 15) is 9.59 Å². The maximum absolute atomic E-state index is 12.4. The number of carbonyl (C=O) groups excluding carboxylic acids is 1. The Morgan fingerprint density at radius 1 is 1.10 bits per heavy atom. The predicted molar refractivity (Wildman–Crippen MR) is 119 cm³/mol. The molecule has 7 heteroatoms. The molecular weight excluding hydrogens is 446 g/mol. The highest BCUT2D eigenvalue weighted by Crippen LogP contribution is 2.24. The molecule has 0 saturated heterocycles. The number of anilines is 1. The standard InChI is InChI=1S/C23H18BrN3O3/c1-15-5-10-18(26-23(29)16-6-8-17(24)9-7-16)12-20(15)30-14-19-13-22(28)27-11-3-2-4-21(27)25-19/h2-13H,14H2,1H3,(H,26,29). The van der Waals surface area contributed by atoms with Crippen LogP contribution >= 0.6 is 15.9 Å². The molecule has 150 valence electrons. The molecule has 2 aromatic heterocycles. The third-order valence-corrected chi connectivity index (χ3v) is 5.08. The van der Waals surface area contributed by atoms with Crippen molar-refractivity contribution in [1.29, 1.82) is 0 Å². The van der Waals surface area contributed by atoms with E-state index in [1.165, 1.54) is 10.5 Å². The molecule has 0 atom stereocenters. The zero-order valence-corrected chi connectivity index (χ0v) is 17.7. The Labute approximate surface area is 181 Å². The smallest absolute Gasteiger partial charge is 0.258 e. The number of amides is 1. The molecule has 2 heterocycles. The van der Waals surface area contributed by atoms with Gasteiger partial charge in [-0.2, -0.15) is 0 Å². The van der Waals surface area contributed by atoms with Crippen molar-refractivity contribution in [2.24, 2.45) is 0 Å². The molecule has 0 aliphatic carbocycles. The number of benzene rings is 2. The molecule has 6 nitrogen and oxygen atoms in total. The molecule has 0 aliphatic heterocycles. The first-order chi connectivity index (χ1) is 14.5. The van der Waals surface area contributed by atoms with Gasteiger partial charge in [0.05, 0.1) is 5.69 Å². The van der Waals surface area contributed by atoms with Gasteiger partial charge in [0.25, 0.3) is 11.5 Å².